The Morgan fingerprint density at radius 2 is 1.74 bits per heavy atom. The minimum absolute atomic E-state index is 0.282. The summed E-state index contributed by atoms with van der Waals surface area (Å²) in [5, 5.41) is 3.83. The van der Waals surface area contributed by atoms with Gasteiger partial charge in [-0.25, -0.2) is 9.97 Å². The maximum atomic E-state index is 12.2. The zero-order valence-corrected chi connectivity index (χ0v) is 15.4. The molecule has 0 saturated carbocycles. The summed E-state index contributed by atoms with van der Waals surface area (Å²) in [6.07, 6.45) is 4.46. The fraction of sp³-hybridized carbons (Fsp3) is 0.0476. The number of hydrogen-bond donors (Lipinski definition) is 1. The fourth-order valence-electron chi connectivity index (χ4n) is 2.69. The van der Waals surface area contributed by atoms with Gasteiger partial charge in [-0.15, -0.1) is 11.3 Å². The van der Waals surface area contributed by atoms with E-state index in [0.717, 1.165) is 26.7 Å². The zero-order chi connectivity index (χ0) is 18.6. The fourth-order valence-corrected chi connectivity index (χ4v) is 3.63. The van der Waals surface area contributed by atoms with Crippen LogP contribution < -0.4 is 5.32 Å². The van der Waals surface area contributed by atoms with Gasteiger partial charge < -0.3 is 5.32 Å². The van der Waals surface area contributed by atoms with Crippen LogP contribution in [0.2, 0.25) is 0 Å². The molecule has 0 aliphatic carbocycles. The van der Waals surface area contributed by atoms with Gasteiger partial charge in [-0.05, 0) is 19.1 Å². The van der Waals surface area contributed by atoms with Gasteiger partial charge in [0.15, 0.2) is 0 Å². The standard InChI is InChI=1S/C21H16N4OS/c1-14-19(25-21(27-14)16-5-3-2-4-6-16)15-7-9-17(10-8-15)24-20(26)18-13-22-11-12-23-18/h2-13H,1H3,(H,24,26). The normalized spacial score (nSPS) is 10.6. The van der Waals surface area contributed by atoms with Gasteiger partial charge in [-0.1, -0.05) is 42.5 Å². The van der Waals surface area contributed by atoms with Gasteiger partial charge in [-0.3, -0.25) is 9.78 Å². The Kier molecular flexibility index (Phi) is 4.72. The average molecular weight is 372 g/mol. The molecule has 2 aromatic carbocycles. The molecule has 4 aromatic rings. The molecular formula is C21H16N4OS. The number of nitrogens with zero attached hydrogens (tertiary/aromatic N) is 3. The van der Waals surface area contributed by atoms with Crippen molar-refractivity contribution in [2.24, 2.45) is 0 Å². The zero-order valence-electron chi connectivity index (χ0n) is 14.6. The molecule has 0 aliphatic rings. The number of aromatic nitrogens is 3. The van der Waals surface area contributed by atoms with Gasteiger partial charge in [-0.2, -0.15) is 0 Å². The Morgan fingerprint density at radius 1 is 0.963 bits per heavy atom. The lowest BCUT2D eigenvalue weighted by atomic mass is 10.1. The van der Waals surface area contributed by atoms with Crippen LogP contribution in [0.4, 0.5) is 5.69 Å². The van der Waals surface area contributed by atoms with Crippen LogP contribution in [-0.2, 0) is 0 Å². The number of rotatable bonds is 4. The molecule has 2 heterocycles. The van der Waals surface area contributed by atoms with E-state index in [2.05, 4.69) is 34.3 Å². The Bertz CT molecular complexity index is 1060. The second kappa shape index (κ2) is 7.47. The molecule has 4 rings (SSSR count). The van der Waals surface area contributed by atoms with Crippen LogP contribution in [0, 0.1) is 6.92 Å². The third-order valence-electron chi connectivity index (χ3n) is 4.03. The summed E-state index contributed by atoms with van der Waals surface area (Å²) in [6, 6.07) is 17.8. The third kappa shape index (κ3) is 3.75. The van der Waals surface area contributed by atoms with Crippen molar-refractivity contribution in [2.45, 2.75) is 6.92 Å². The van der Waals surface area contributed by atoms with Crippen molar-refractivity contribution in [2.75, 3.05) is 5.32 Å². The molecule has 0 spiro atoms. The molecular weight excluding hydrogens is 356 g/mol. The molecule has 0 unspecified atom stereocenters. The maximum Gasteiger partial charge on any atom is 0.275 e. The molecule has 1 N–H and O–H groups in total. The molecule has 6 heteroatoms. The molecule has 2 aromatic heterocycles. The van der Waals surface area contributed by atoms with Crippen molar-refractivity contribution in [3.8, 4) is 21.8 Å². The molecule has 0 bridgehead atoms. The highest BCUT2D eigenvalue weighted by atomic mass is 32.1. The molecule has 5 nitrogen and oxygen atoms in total. The van der Waals surface area contributed by atoms with E-state index in [4.69, 9.17) is 4.98 Å². The largest absolute Gasteiger partial charge is 0.321 e. The van der Waals surface area contributed by atoms with Crippen molar-refractivity contribution < 1.29 is 4.79 Å². The summed E-state index contributed by atoms with van der Waals surface area (Å²) in [5.74, 6) is -0.285. The number of hydrogen-bond acceptors (Lipinski definition) is 5. The Morgan fingerprint density at radius 3 is 2.44 bits per heavy atom. The van der Waals surface area contributed by atoms with Crippen LogP contribution in [0.25, 0.3) is 21.8 Å². The van der Waals surface area contributed by atoms with E-state index in [9.17, 15) is 4.79 Å². The topological polar surface area (TPSA) is 67.8 Å². The molecule has 1 amide bonds. The predicted octanol–water partition coefficient (Wildman–Crippen LogP) is 4.83. The van der Waals surface area contributed by atoms with Gasteiger partial charge in [0, 0.05) is 34.1 Å². The minimum atomic E-state index is -0.285. The van der Waals surface area contributed by atoms with E-state index in [1.165, 1.54) is 18.6 Å². The number of carbonyl (C=O) groups excluding carboxylic acids is 1. The highest BCUT2D eigenvalue weighted by molar-refractivity contribution is 7.15. The van der Waals surface area contributed by atoms with Crippen molar-refractivity contribution in [3.05, 3.63) is 83.8 Å². The summed E-state index contributed by atoms with van der Waals surface area (Å²) in [7, 11) is 0. The van der Waals surface area contributed by atoms with Crippen molar-refractivity contribution in [1.82, 2.24) is 15.0 Å². The summed E-state index contributed by atoms with van der Waals surface area (Å²) in [4.78, 5) is 26.0. The first-order chi connectivity index (χ1) is 13.2. The third-order valence-corrected chi connectivity index (χ3v) is 5.05. The summed E-state index contributed by atoms with van der Waals surface area (Å²) in [6.45, 7) is 2.07. The number of carbonyl (C=O) groups is 1. The molecule has 132 valence electrons. The van der Waals surface area contributed by atoms with Crippen molar-refractivity contribution in [1.29, 1.82) is 0 Å². The Hall–Kier alpha value is -3.38. The highest BCUT2D eigenvalue weighted by Gasteiger charge is 2.12. The van der Waals surface area contributed by atoms with E-state index in [-0.39, 0.29) is 11.6 Å². The highest BCUT2D eigenvalue weighted by Crippen LogP contribution is 2.33. The molecule has 0 aliphatic heterocycles. The summed E-state index contributed by atoms with van der Waals surface area (Å²) in [5.41, 5.74) is 4.08. The molecule has 0 atom stereocenters. The van der Waals surface area contributed by atoms with Crippen molar-refractivity contribution >= 4 is 22.9 Å². The first-order valence-electron chi connectivity index (χ1n) is 8.41. The van der Waals surface area contributed by atoms with Crippen LogP contribution in [0.15, 0.2) is 73.2 Å². The van der Waals surface area contributed by atoms with Crippen LogP contribution in [0.5, 0.6) is 0 Å². The lowest BCUT2D eigenvalue weighted by molar-refractivity contribution is 0.102. The first kappa shape index (κ1) is 17.1. The smallest absolute Gasteiger partial charge is 0.275 e. The molecule has 0 saturated heterocycles. The van der Waals surface area contributed by atoms with Crippen molar-refractivity contribution in [3.63, 3.8) is 0 Å². The van der Waals surface area contributed by atoms with Gasteiger partial charge in [0.1, 0.15) is 10.7 Å². The van der Waals surface area contributed by atoms with Crippen LogP contribution in [-0.4, -0.2) is 20.9 Å². The Labute approximate surface area is 160 Å². The van der Waals surface area contributed by atoms with Crippen LogP contribution >= 0.6 is 11.3 Å². The first-order valence-corrected chi connectivity index (χ1v) is 9.23. The van der Waals surface area contributed by atoms with Gasteiger partial charge >= 0.3 is 0 Å². The van der Waals surface area contributed by atoms with Gasteiger partial charge in [0.25, 0.3) is 5.91 Å². The quantitative estimate of drug-likeness (QED) is 0.557. The average Bonchev–Trinajstić information content (AvgIpc) is 3.11. The second-order valence-corrected chi connectivity index (χ2v) is 7.12. The van der Waals surface area contributed by atoms with E-state index >= 15 is 0 Å². The number of amides is 1. The van der Waals surface area contributed by atoms with Crippen LogP contribution in [0.1, 0.15) is 15.4 Å². The Balaban J connectivity index is 1.54. The number of aryl methyl sites for hydroxylation is 1. The van der Waals surface area contributed by atoms with E-state index < -0.39 is 0 Å². The predicted molar refractivity (Wildman–Crippen MR) is 108 cm³/mol. The lowest BCUT2D eigenvalue weighted by Gasteiger charge is -2.05. The van der Waals surface area contributed by atoms with E-state index in [1.54, 1.807) is 11.3 Å². The summed E-state index contributed by atoms with van der Waals surface area (Å²) < 4.78 is 0. The maximum absolute atomic E-state index is 12.2. The summed E-state index contributed by atoms with van der Waals surface area (Å²) >= 11 is 1.68. The molecule has 0 radical (unpaired) electrons. The number of benzene rings is 2. The minimum Gasteiger partial charge on any atom is -0.321 e. The number of nitrogens with one attached hydrogen (secondary N) is 1. The van der Waals surface area contributed by atoms with Gasteiger partial charge in [0.05, 0.1) is 11.9 Å². The number of anilines is 1. The lowest BCUT2D eigenvalue weighted by Crippen LogP contribution is -2.13. The molecule has 27 heavy (non-hydrogen) atoms. The van der Waals surface area contributed by atoms with Crippen LogP contribution in [0.3, 0.4) is 0 Å². The number of thiazole rings is 1. The second-order valence-electron chi connectivity index (χ2n) is 5.91. The van der Waals surface area contributed by atoms with E-state index in [1.807, 2.05) is 42.5 Å². The van der Waals surface area contributed by atoms with E-state index in [0.29, 0.717) is 5.69 Å². The van der Waals surface area contributed by atoms with Gasteiger partial charge in [0.2, 0.25) is 0 Å². The SMILES string of the molecule is Cc1sc(-c2ccccc2)nc1-c1ccc(NC(=O)c2cnccn2)cc1. The monoisotopic (exact) mass is 372 g/mol. The molecule has 0 fully saturated rings.